The average Bonchev–Trinajstić information content (AvgIpc) is 1.96. The summed E-state index contributed by atoms with van der Waals surface area (Å²) in [5.41, 5.74) is 0.878. The Hall–Kier alpha value is -0.270. The molecule has 0 N–H and O–H groups in total. The van der Waals surface area contributed by atoms with E-state index in [2.05, 4.69) is 0 Å². The Balaban J connectivity index is 3.23. The van der Waals surface area contributed by atoms with Crippen LogP contribution in [0.1, 0.15) is 25.3 Å². The van der Waals surface area contributed by atoms with Crippen LogP contribution in [0.3, 0.4) is 0 Å². The Bertz CT molecular complexity index is 295. The summed E-state index contributed by atoms with van der Waals surface area (Å²) in [5, 5.41) is 0.565. The van der Waals surface area contributed by atoms with Gasteiger partial charge in [-0.3, -0.25) is 0 Å². The number of halogens is 3. The minimum atomic E-state index is -0.467. The molecule has 0 unspecified atom stereocenters. The summed E-state index contributed by atoms with van der Waals surface area (Å²) < 4.78 is 12.8. The summed E-state index contributed by atoms with van der Waals surface area (Å²) in [6.45, 7) is 3.96. The van der Waals surface area contributed by atoms with Crippen LogP contribution >= 0.6 is 23.2 Å². The number of hydrogen-bond acceptors (Lipinski definition) is 0. The lowest BCUT2D eigenvalue weighted by Gasteiger charge is -2.08. The Labute approximate surface area is 81.3 Å². The first-order chi connectivity index (χ1) is 5.52. The van der Waals surface area contributed by atoms with E-state index in [4.69, 9.17) is 23.2 Å². The van der Waals surface area contributed by atoms with E-state index in [1.54, 1.807) is 6.07 Å². The van der Waals surface area contributed by atoms with Crippen LogP contribution < -0.4 is 0 Å². The van der Waals surface area contributed by atoms with Gasteiger partial charge in [-0.1, -0.05) is 37.0 Å². The van der Waals surface area contributed by atoms with E-state index in [-0.39, 0.29) is 10.9 Å². The smallest absolute Gasteiger partial charge is 0.143 e. The zero-order chi connectivity index (χ0) is 9.30. The largest absolute Gasteiger partial charge is 0.205 e. The Morgan fingerprint density at radius 1 is 1.17 bits per heavy atom. The Kier molecular flexibility index (Phi) is 2.97. The maximum Gasteiger partial charge on any atom is 0.143 e. The molecule has 0 aliphatic rings. The Morgan fingerprint density at radius 2 is 1.75 bits per heavy atom. The SMILES string of the molecule is CC(C)c1cc(Cl)c(F)cc1Cl. The van der Waals surface area contributed by atoms with Crippen LogP contribution in [-0.4, -0.2) is 0 Å². The lowest BCUT2D eigenvalue weighted by Crippen LogP contribution is -1.90. The summed E-state index contributed by atoms with van der Waals surface area (Å²) >= 11 is 11.4. The fraction of sp³-hybridized carbons (Fsp3) is 0.333. The monoisotopic (exact) mass is 206 g/mol. The highest BCUT2D eigenvalue weighted by atomic mass is 35.5. The van der Waals surface area contributed by atoms with Crippen LogP contribution in [0.2, 0.25) is 10.0 Å². The number of benzene rings is 1. The van der Waals surface area contributed by atoms with E-state index in [9.17, 15) is 4.39 Å². The number of hydrogen-bond donors (Lipinski definition) is 0. The van der Waals surface area contributed by atoms with Gasteiger partial charge < -0.3 is 0 Å². The maximum absolute atomic E-state index is 12.8. The van der Waals surface area contributed by atoms with E-state index in [1.165, 1.54) is 6.07 Å². The van der Waals surface area contributed by atoms with Gasteiger partial charge in [-0.2, -0.15) is 0 Å². The van der Waals surface area contributed by atoms with Gasteiger partial charge in [0.15, 0.2) is 0 Å². The molecular formula is C9H9Cl2F. The minimum absolute atomic E-state index is 0.128. The predicted molar refractivity (Wildman–Crippen MR) is 50.5 cm³/mol. The van der Waals surface area contributed by atoms with Crippen molar-refractivity contribution in [3.05, 3.63) is 33.6 Å². The fourth-order valence-electron chi connectivity index (χ4n) is 0.980. The molecule has 0 heterocycles. The molecule has 0 aromatic heterocycles. The molecule has 0 nitrogen and oxygen atoms in total. The van der Waals surface area contributed by atoms with Gasteiger partial charge in [-0.05, 0) is 23.6 Å². The van der Waals surface area contributed by atoms with Crippen LogP contribution in [0, 0.1) is 5.82 Å². The zero-order valence-corrected chi connectivity index (χ0v) is 8.38. The topological polar surface area (TPSA) is 0 Å². The molecule has 66 valence electrons. The van der Waals surface area contributed by atoms with Gasteiger partial charge in [0.05, 0.1) is 5.02 Å². The first-order valence-electron chi connectivity index (χ1n) is 3.67. The average molecular weight is 207 g/mol. The molecule has 12 heavy (non-hydrogen) atoms. The molecule has 0 spiro atoms. The first-order valence-corrected chi connectivity index (χ1v) is 4.42. The van der Waals surface area contributed by atoms with Crippen molar-refractivity contribution in [3.8, 4) is 0 Å². The van der Waals surface area contributed by atoms with Crippen LogP contribution in [-0.2, 0) is 0 Å². The first kappa shape index (κ1) is 9.82. The third-order valence-electron chi connectivity index (χ3n) is 1.66. The summed E-state index contributed by atoms with van der Waals surface area (Å²) in [6.07, 6.45) is 0. The summed E-state index contributed by atoms with van der Waals surface area (Å²) in [4.78, 5) is 0. The molecule has 0 radical (unpaired) electrons. The molecule has 0 saturated carbocycles. The van der Waals surface area contributed by atoms with Crippen LogP contribution in [0.4, 0.5) is 4.39 Å². The molecule has 0 saturated heterocycles. The van der Waals surface area contributed by atoms with Crippen molar-refractivity contribution in [1.29, 1.82) is 0 Å². The molecule has 0 bridgehead atoms. The van der Waals surface area contributed by atoms with Crippen molar-refractivity contribution < 1.29 is 4.39 Å². The minimum Gasteiger partial charge on any atom is -0.205 e. The van der Waals surface area contributed by atoms with Crippen LogP contribution in [0.15, 0.2) is 12.1 Å². The molecule has 0 amide bonds. The van der Waals surface area contributed by atoms with Gasteiger partial charge in [0.25, 0.3) is 0 Å². The molecule has 1 rings (SSSR count). The van der Waals surface area contributed by atoms with Crippen molar-refractivity contribution in [2.24, 2.45) is 0 Å². The van der Waals surface area contributed by atoms with Crippen molar-refractivity contribution in [1.82, 2.24) is 0 Å². The van der Waals surface area contributed by atoms with E-state index in [0.29, 0.717) is 5.02 Å². The molecule has 0 atom stereocenters. The predicted octanol–water partition coefficient (Wildman–Crippen LogP) is 4.26. The second-order valence-electron chi connectivity index (χ2n) is 2.94. The van der Waals surface area contributed by atoms with E-state index < -0.39 is 5.82 Å². The third-order valence-corrected chi connectivity index (χ3v) is 2.28. The second kappa shape index (κ2) is 3.63. The van der Waals surface area contributed by atoms with Gasteiger partial charge in [-0.25, -0.2) is 4.39 Å². The van der Waals surface area contributed by atoms with Crippen molar-refractivity contribution in [2.45, 2.75) is 19.8 Å². The molecule has 0 aliphatic heterocycles. The van der Waals surface area contributed by atoms with Crippen molar-refractivity contribution in [3.63, 3.8) is 0 Å². The summed E-state index contributed by atoms with van der Waals surface area (Å²) in [5.74, 6) is -0.207. The van der Waals surface area contributed by atoms with Gasteiger partial charge in [0, 0.05) is 5.02 Å². The summed E-state index contributed by atoms with van der Waals surface area (Å²) in [6, 6.07) is 2.82. The zero-order valence-electron chi connectivity index (χ0n) is 6.87. The fourth-order valence-corrected chi connectivity index (χ4v) is 1.52. The molecule has 0 fully saturated rings. The Morgan fingerprint density at radius 3 is 2.25 bits per heavy atom. The van der Waals surface area contributed by atoms with Crippen molar-refractivity contribution >= 4 is 23.2 Å². The van der Waals surface area contributed by atoms with Gasteiger partial charge >= 0.3 is 0 Å². The number of rotatable bonds is 1. The molecule has 0 aliphatic carbocycles. The second-order valence-corrected chi connectivity index (χ2v) is 3.76. The quantitative estimate of drug-likeness (QED) is 0.603. The lowest BCUT2D eigenvalue weighted by molar-refractivity contribution is 0.627. The van der Waals surface area contributed by atoms with E-state index >= 15 is 0 Å². The molecule has 1 aromatic rings. The van der Waals surface area contributed by atoms with Crippen LogP contribution in [0.25, 0.3) is 0 Å². The molecule has 1 aromatic carbocycles. The van der Waals surface area contributed by atoms with Crippen LogP contribution in [0.5, 0.6) is 0 Å². The van der Waals surface area contributed by atoms with Gasteiger partial charge in [0.1, 0.15) is 5.82 Å². The van der Waals surface area contributed by atoms with Gasteiger partial charge in [0.2, 0.25) is 0 Å². The highest BCUT2D eigenvalue weighted by Crippen LogP contribution is 2.29. The normalized spacial score (nSPS) is 10.8. The van der Waals surface area contributed by atoms with E-state index in [0.717, 1.165) is 5.56 Å². The van der Waals surface area contributed by atoms with Gasteiger partial charge in [-0.15, -0.1) is 0 Å². The van der Waals surface area contributed by atoms with E-state index in [1.807, 2.05) is 13.8 Å². The summed E-state index contributed by atoms with van der Waals surface area (Å²) in [7, 11) is 0. The van der Waals surface area contributed by atoms with Crippen molar-refractivity contribution in [2.75, 3.05) is 0 Å². The maximum atomic E-state index is 12.8. The highest BCUT2D eigenvalue weighted by Gasteiger charge is 2.09. The lowest BCUT2D eigenvalue weighted by atomic mass is 10.0. The molecular weight excluding hydrogens is 198 g/mol. The molecule has 3 heteroatoms. The highest BCUT2D eigenvalue weighted by molar-refractivity contribution is 6.33. The third kappa shape index (κ3) is 1.90. The standard InChI is InChI=1S/C9H9Cl2F/c1-5(2)6-3-8(11)9(12)4-7(6)10/h3-5H,1-2H3.